The Morgan fingerprint density at radius 2 is 1.40 bits per heavy atom. The summed E-state index contributed by atoms with van der Waals surface area (Å²) >= 11 is 0. The first-order chi connectivity index (χ1) is 17.0. The number of rotatable bonds is 10. The van der Waals surface area contributed by atoms with Crippen LogP contribution >= 0.6 is 0 Å². The minimum Gasteiger partial charge on any atom is -0.493 e. The number of nitrogens with one attached hydrogen (secondary N) is 1. The van der Waals surface area contributed by atoms with E-state index in [0.717, 1.165) is 22.2 Å². The summed E-state index contributed by atoms with van der Waals surface area (Å²) in [6.07, 6.45) is 0.199. The Bertz CT molecular complexity index is 1350. The highest BCUT2D eigenvalue weighted by molar-refractivity contribution is 5.78. The Hall–Kier alpha value is -4.20. The summed E-state index contributed by atoms with van der Waals surface area (Å²) in [5, 5.41) is 2.92. The molecule has 1 amide bonds. The molecular formula is C27H29N3O5. The molecule has 8 nitrogen and oxygen atoms in total. The van der Waals surface area contributed by atoms with E-state index in [9.17, 15) is 9.59 Å². The van der Waals surface area contributed by atoms with Crippen molar-refractivity contribution in [3.05, 3.63) is 88.3 Å². The lowest BCUT2D eigenvalue weighted by molar-refractivity contribution is -0.121. The second-order valence-corrected chi connectivity index (χ2v) is 8.05. The lowest BCUT2D eigenvalue weighted by atomic mass is 10.1. The highest BCUT2D eigenvalue weighted by Gasteiger charge is 2.17. The zero-order valence-corrected chi connectivity index (χ0v) is 20.1. The first-order valence-electron chi connectivity index (χ1n) is 11.3. The summed E-state index contributed by atoms with van der Waals surface area (Å²) in [5.41, 5.74) is 3.23. The zero-order valence-electron chi connectivity index (χ0n) is 20.1. The second kappa shape index (κ2) is 10.8. The topological polar surface area (TPSA) is 83.7 Å². The van der Waals surface area contributed by atoms with Crippen LogP contribution in [-0.2, 0) is 24.4 Å². The number of amides is 1. The van der Waals surface area contributed by atoms with Gasteiger partial charge >= 0.3 is 5.69 Å². The summed E-state index contributed by atoms with van der Waals surface area (Å²) in [6.45, 7) is 1.04. The number of ether oxygens (including phenoxy) is 3. The highest BCUT2D eigenvalue weighted by atomic mass is 16.5. The zero-order chi connectivity index (χ0) is 24.8. The molecule has 0 spiro atoms. The van der Waals surface area contributed by atoms with E-state index >= 15 is 0 Å². The molecule has 1 heterocycles. The number of imidazole rings is 1. The van der Waals surface area contributed by atoms with Gasteiger partial charge in [-0.25, -0.2) is 4.79 Å². The van der Waals surface area contributed by atoms with E-state index in [0.29, 0.717) is 30.3 Å². The predicted molar refractivity (Wildman–Crippen MR) is 134 cm³/mol. The number of para-hydroxylation sites is 2. The Kier molecular flexibility index (Phi) is 7.40. The molecule has 0 aliphatic rings. The molecule has 4 aromatic rings. The molecule has 0 unspecified atom stereocenters. The summed E-state index contributed by atoms with van der Waals surface area (Å²) in [5.74, 6) is 1.43. The predicted octanol–water partition coefficient (Wildman–Crippen LogP) is 3.58. The van der Waals surface area contributed by atoms with Crippen molar-refractivity contribution >= 4 is 16.9 Å². The molecule has 0 aliphatic heterocycles. The van der Waals surface area contributed by atoms with Gasteiger partial charge in [0, 0.05) is 19.5 Å². The summed E-state index contributed by atoms with van der Waals surface area (Å²) in [7, 11) is 4.66. The van der Waals surface area contributed by atoms with Gasteiger partial charge in [0.25, 0.3) is 0 Å². The lowest BCUT2D eigenvalue weighted by Crippen LogP contribution is -2.28. The SMILES string of the molecule is COc1cc(Cn2c(=O)n(CCC(=O)NCc3ccccc3)c3ccccc32)cc(OC)c1OC. The summed E-state index contributed by atoms with van der Waals surface area (Å²) < 4.78 is 19.7. The fourth-order valence-electron chi connectivity index (χ4n) is 4.15. The van der Waals surface area contributed by atoms with Crippen LogP contribution in [0.1, 0.15) is 17.5 Å². The van der Waals surface area contributed by atoms with Crippen LogP contribution in [0.2, 0.25) is 0 Å². The number of carbonyl (C=O) groups is 1. The van der Waals surface area contributed by atoms with Gasteiger partial charge in [0.15, 0.2) is 11.5 Å². The summed E-state index contributed by atoms with van der Waals surface area (Å²) in [4.78, 5) is 25.9. The fraction of sp³-hybridized carbons (Fsp3) is 0.259. The van der Waals surface area contributed by atoms with Crippen molar-refractivity contribution in [3.63, 3.8) is 0 Å². The first kappa shape index (κ1) is 23.9. The molecule has 0 saturated carbocycles. The van der Waals surface area contributed by atoms with Crippen molar-refractivity contribution in [2.24, 2.45) is 0 Å². The van der Waals surface area contributed by atoms with Gasteiger partial charge in [-0.05, 0) is 35.4 Å². The van der Waals surface area contributed by atoms with Gasteiger partial charge < -0.3 is 19.5 Å². The van der Waals surface area contributed by atoms with Crippen LogP contribution in [0.5, 0.6) is 17.2 Å². The number of carbonyl (C=O) groups excluding carboxylic acids is 1. The van der Waals surface area contributed by atoms with Crippen LogP contribution in [0.4, 0.5) is 0 Å². The third-order valence-electron chi connectivity index (χ3n) is 5.89. The van der Waals surface area contributed by atoms with Gasteiger partial charge in [-0.1, -0.05) is 42.5 Å². The third kappa shape index (κ3) is 5.16. The van der Waals surface area contributed by atoms with E-state index < -0.39 is 0 Å². The van der Waals surface area contributed by atoms with Gasteiger partial charge in [-0.3, -0.25) is 13.9 Å². The van der Waals surface area contributed by atoms with Crippen molar-refractivity contribution in [2.45, 2.75) is 26.1 Å². The van der Waals surface area contributed by atoms with E-state index in [4.69, 9.17) is 14.2 Å². The number of nitrogens with zero attached hydrogens (tertiary/aromatic N) is 2. The van der Waals surface area contributed by atoms with Gasteiger partial charge in [0.05, 0.1) is 38.9 Å². The molecule has 0 radical (unpaired) electrons. The maximum atomic E-state index is 13.4. The Balaban J connectivity index is 1.58. The molecule has 0 fully saturated rings. The molecule has 3 aromatic carbocycles. The van der Waals surface area contributed by atoms with Gasteiger partial charge in [-0.15, -0.1) is 0 Å². The standard InChI is InChI=1S/C27H29N3O5/c1-33-23-15-20(16-24(34-2)26(23)35-3)18-30-22-12-8-7-11-21(22)29(27(30)32)14-13-25(31)28-17-19-9-5-4-6-10-19/h4-12,15-16H,13-14,17-18H2,1-3H3,(H,28,31). The Morgan fingerprint density at radius 1 is 0.800 bits per heavy atom. The average molecular weight is 476 g/mol. The molecule has 1 aromatic heterocycles. The van der Waals surface area contributed by atoms with Crippen LogP contribution in [0.25, 0.3) is 11.0 Å². The second-order valence-electron chi connectivity index (χ2n) is 8.05. The Morgan fingerprint density at radius 3 is 2.00 bits per heavy atom. The minimum atomic E-state index is -0.184. The number of benzene rings is 3. The molecule has 0 saturated heterocycles. The van der Waals surface area contributed by atoms with Crippen molar-refractivity contribution in [1.82, 2.24) is 14.5 Å². The molecule has 8 heteroatoms. The van der Waals surface area contributed by atoms with Crippen LogP contribution in [0, 0.1) is 0 Å². The van der Waals surface area contributed by atoms with Gasteiger partial charge in [-0.2, -0.15) is 0 Å². The maximum absolute atomic E-state index is 13.4. The molecule has 0 aliphatic carbocycles. The quantitative estimate of drug-likeness (QED) is 0.379. The van der Waals surface area contributed by atoms with Crippen LogP contribution in [-0.4, -0.2) is 36.4 Å². The average Bonchev–Trinajstić information content (AvgIpc) is 3.16. The number of hydrogen-bond acceptors (Lipinski definition) is 5. The monoisotopic (exact) mass is 475 g/mol. The molecule has 0 atom stereocenters. The Labute approximate surface area is 203 Å². The van der Waals surface area contributed by atoms with Gasteiger partial charge in [0.2, 0.25) is 11.7 Å². The van der Waals surface area contributed by atoms with Crippen molar-refractivity contribution in [3.8, 4) is 17.2 Å². The normalized spacial score (nSPS) is 10.8. The van der Waals surface area contributed by atoms with E-state index in [1.807, 2.05) is 66.7 Å². The lowest BCUT2D eigenvalue weighted by Gasteiger charge is -2.14. The third-order valence-corrected chi connectivity index (χ3v) is 5.89. The number of methoxy groups -OCH3 is 3. The number of aryl methyl sites for hydroxylation is 1. The largest absolute Gasteiger partial charge is 0.493 e. The van der Waals surface area contributed by atoms with Crippen molar-refractivity contribution in [1.29, 1.82) is 0 Å². The van der Waals surface area contributed by atoms with Gasteiger partial charge in [0.1, 0.15) is 0 Å². The van der Waals surface area contributed by atoms with E-state index in [1.54, 1.807) is 30.5 Å². The molecule has 35 heavy (non-hydrogen) atoms. The molecular weight excluding hydrogens is 446 g/mol. The highest BCUT2D eigenvalue weighted by Crippen LogP contribution is 2.38. The smallest absolute Gasteiger partial charge is 0.329 e. The number of fused-ring (bicyclic) bond motifs is 1. The van der Waals surface area contributed by atoms with E-state index in [1.165, 1.54) is 0 Å². The van der Waals surface area contributed by atoms with Crippen LogP contribution in [0.15, 0.2) is 71.5 Å². The first-order valence-corrected chi connectivity index (χ1v) is 11.3. The molecule has 4 rings (SSSR count). The van der Waals surface area contributed by atoms with E-state index in [-0.39, 0.29) is 24.6 Å². The summed E-state index contributed by atoms with van der Waals surface area (Å²) in [6, 6.07) is 21.0. The van der Waals surface area contributed by atoms with Crippen molar-refractivity contribution < 1.29 is 19.0 Å². The van der Waals surface area contributed by atoms with E-state index in [2.05, 4.69) is 5.32 Å². The van der Waals surface area contributed by atoms with Crippen LogP contribution in [0.3, 0.4) is 0 Å². The molecule has 0 bridgehead atoms. The van der Waals surface area contributed by atoms with Crippen LogP contribution < -0.4 is 25.2 Å². The number of aromatic nitrogens is 2. The molecule has 182 valence electrons. The minimum absolute atomic E-state index is 0.109. The molecule has 1 N–H and O–H groups in total. The maximum Gasteiger partial charge on any atom is 0.329 e. The fourth-order valence-corrected chi connectivity index (χ4v) is 4.15. The van der Waals surface area contributed by atoms with Crippen molar-refractivity contribution in [2.75, 3.05) is 21.3 Å². The number of hydrogen-bond donors (Lipinski definition) is 1.